The van der Waals surface area contributed by atoms with E-state index in [0.29, 0.717) is 0 Å². The Balaban J connectivity index is 1.65. The standard InChI is InChI=1S/C17H21N3O2/c21-17(18-15-5-3-1-2-4-6-15)19-16-8-7-13-9-10-20(22)12-14(13)11-16/h7-12,15H,1-6H2,(H2-,18,19,21,22)/p+1. The molecule has 0 unspecified atom stereocenters. The molecule has 1 heterocycles. The van der Waals surface area contributed by atoms with Gasteiger partial charge in [-0.3, -0.25) is 5.21 Å². The third kappa shape index (κ3) is 3.67. The molecule has 0 radical (unpaired) electrons. The molecule has 0 saturated heterocycles. The highest BCUT2D eigenvalue weighted by Gasteiger charge is 2.14. The molecule has 1 aromatic carbocycles. The van der Waals surface area contributed by atoms with E-state index >= 15 is 0 Å². The fourth-order valence-electron chi connectivity index (χ4n) is 3.03. The number of nitrogens with zero attached hydrogens (tertiary/aromatic N) is 1. The highest BCUT2D eigenvalue weighted by molar-refractivity contribution is 5.93. The number of benzene rings is 1. The fourth-order valence-corrected chi connectivity index (χ4v) is 3.03. The van der Waals surface area contributed by atoms with Gasteiger partial charge in [-0.25, -0.2) is 4.79 Å². The van der Waals surface area contributed by atoms with Gasteiger partial charge < -0.3 is 10.6 Å². The molecule has 1 aliphatic rings. The van der Waals surface area contributed by atoms with Crippen molar-refractivity contribution in [3.63, 3.8) is 0 Å². The SMILES string of the molecule is O=C(Nc1ccc2cc[n+](O)cc2c1)NC1CCCCCC1. The molecule has 5 nitrogen and oxygen atoms in total. The van der Waals surface area contributed by atoms with Crippen LogP contribution in [0.5, 0.6) is 0 Å². The van der Waals surface area contributed by atoms with E-state index in [1.807, 2.05) is 24.3 Å². The van der Waals surface area contributed by atoms with Crippen molar-refractivity contribution in [1.29, 1.82) is 0 Å². The zero-order valence-corrected chi connectivity index (χ0v) is 12.6. The molecular weight excluding hydrogens is 278 g/mol. The summed E-state index contributed by atoms with van der Waals surface area (Å²) in [5, 5.41) is 17.3. The van der Waals surface area contributed by atoms with Gasteiger partial charge in [0.05, 0.1) is 5.39 Å². The first-order chi connectivity index (χ1) is 10.7. The van der Waals surface area contributed by atoms with Crippen LogP contribution in [0, 0.1) is 0 Å². The molecule has 3 rings (SSSR count). The molecule has 1 aliphatic carbocycles. The molecule has 0 bridgehead atoms. The maximum absolute atomic E-state index is 12.1. The summed E-state index contributed by atoms with van der Waals surface area (Å²) in [7, 11) is 0. The first-order valence-electron chi connectivity index (χ1n) is 7.92. The maximum atomic E-state index is 12.1. The zero-order chi connectivity index (χ0) is 15.4. The minimum Gasteiger partial charge on any atom is -0.335 e. The highest BCUT2D eigenvalue weighted by atomic mass is 16.5. The van der Waals surface area contributed by atoms with E-state index in [4.69, 9.17) is 0 Å². The third-order valence-corrected chi connectivity index (χ3v) is 4.21. The second kappa shape index (κ2) is 6.64. The molecule has 1 fully saturated rings. The van der Waals surface area contributed by atoms with Gasteiger partial charge in [0.2, 0.25) is 12.4 Å². The van der Waals surface area contributed by atoms with Gasteiger partial charge in [0.1, 0.15) is 0 Å². The number of rotatable bonds is 2. The molecular formula is C17H22N3O2+. The largest absolute Gasteiger partial charge is 0.335 e. The lowest BCUT2D eigenvalue weighted by Gasteiger charge is -2.16. The van der Waals surface area contributed by atoms with Gasteiger partial charge in [-0.1, -0.05) is 31.7 Å². The van der Waals surface area contributed by atoms with Gasteiger partial charge in [0.25, 0.3) is 0 Å². The van der Waals surface area contributed by atoms with Crippen LogP contribution in [-0.4, -0.2) is 17.3 Å². The van der Waals surface area contributed by atoms with E-state index in [0.717, 1.165) is 34.0 Å². The van der Waals surface area contributed by atoms with Crippen LogP contribution >= 0.6 is 0 Å². The summed E-state index contributed by atoms with van der Waals surface area (Å²) < 4.78 is 1.01. The molecule has 5 heteroatoms. The second-order valence-electron chi connectivity index (χ2n) is 5.96. The maximum Gasteiger partial charge on any atom is 0.319 e. The summed E-state index contributed by atoms with van der Waals surface area (Å²) in [6, 6.07) is 7.61. The second-order valence-corrected chi connectivity index (χ2v) is 5.96. The number of carbonyl (C=O) groups excluding carboxylic acids is 1. The van der Waals surface area contributed by atoms with Gasteiger partial charge in [-0.15, -0.1) is 0 Å². The Morgan fingerprint density at radius 3 is 2.64 bits per heavy atom. The molecule has 0 spiro atoms. The normalized spacial score (nSPS) is 16.2. The number of anilines is 1. The smallest absolute Gasteiger partial charge is 0.319 e. The fraction of sp³-hybridized carbons (Fsp3) is 0.412. The van der Waals surface area contributed by atoms with Crippen molar-refractivity contribution in [3.8, 4) is 0 Å². The van der Waals surface area contributed by atoms with Crippen LogP contribution < -0.4 is 15.4 Å². The number of urea groups is 1. The van der Waals surface area contributed by atoms with E-state index in [2.05, 4.69) is 10.6 Å². The molecule has 0 aliphatic heterocycles. The summed E-state index contributed by atoms with van der Waals surface area (Å²) >= 11 is 0. The van der Waals surface area contributed by atoms with Crippen molar-refractivity contribution in [3.05, 3.63) is 36.7 Å². The van der Waals surface area contributed by atoms with E-state index in [1.165, 1.54) is 25.7 Å². The van der Waals surface area contributed by atoms with E-state index < -0.39 is 0 Å². The van der Waals surface area contributed by atoms with E-state index in [9.17, 15) is 10.0 Å². The monoisotopic (exact) mass is 300 g/mol. The van der Waals surface area contributed by atoms with Gasteiger partial charge in [-0.05, 0) is 30.4 Å². The molecule has 22 heavy (non-hydrogen) atoms. The van der Waals surface area contributed by atoms with Crippen molar-refractivity contribution in [2.45, 2.75) is 44.6 Å². The topological polar surface area (TPSA) is 65.2 Å². The quantitative estimate of drug-likeness (QED) is 0.453. The van der Waals surface area contributed by atoms with Gasteiger partial charge in [-0.2, -0.15) is 0 Å². The number of aromatic nitrogens is 1. The summed E-state index contributed by atoms with van der Waals surface area (Å²) in [6.07, 6.45) is 10.2. The van der Waals surface area contributed by atoms with Crippen molar-refractivity contribution in [2.75, 3.05) is 5.32 Å². The molecule has 1 saturated carbocycles. The van der Waals surface area contributed by atoms with Crippen LogP contribution in [0.25, 0.3) is 10.8 Å². The van der Waals surface area contributed by atoms with Gasteiger partial charge in [0, 0.05) is 22.5 Å². The number of hydrogen-bond acceptors (Lipinski definition) is 2. The van der Waals surface area contributed by atoms with Crippen molar-refractivity contribution < 1.29 is 14.7 Å². The molecule has 2 amide bonds. The first kappa shape index (κ1) is 14.6. The van der Waals surface area contributed by atoms with E-state index in [1.54, 1.807) is 12.4 Å². The number of nitrogens with one attached hydrogen (secondary N) is 2. The number of amides is 2. The van der Waals surface area contributed by atoms with Gasteiger partial charge >= 0.3 is 6.03 Å². The lowest BCUT2D eigenvalue weighted by atomic mass is 10.1. The Kier molecular flexibility index (Phi) is 4.42. The van der Waals surface area contributed by atoms with Crippen molar-refractivity contribution in [2.24, 2.45) is 0 Å². The molecule has 2 aromatic rings. The Bertz CT molecular complexity index is 664. The summed E-state index contributed by atoms with van der Waals surface area (Å²) in [4.78, 5) is 12.1. The lowest BCUT2D eigenvalue weighted by molar-refractivity contribution is -0.903. The average Bonchev–Trinajstić information content (AvgIpc) is 2.75. The molecule has 116 valence electrons. The molecule has 3 N–H and O–H groups in total. The Morgan fingerprint density at radius 2 is 1.86 bits per heavy atom. The zero-order valence-electron chi connectivity index (χ0n) is 12.6. The summed E-state index contributed by atoms with van der Waals surface area (Å²) in [5.74, 6) is 0. The third-order valence-electron chi connectivity index (χ3n) is 4.21. The Labute approximate surface area is 129 Å². The van der Waals surface area contributed by atoms with Crippen LogP contribution in [0.4, 0.5) is 10.5 Å². The van der Waals surface area contributed by atoms with Crippen LogP contribution in [0.3, 0.4) is 0 Å². The molecule has 0 atom stereocenters. The number of carbonyl (C=O) groups is 1. The highest BCUT2D eigenvalue weighted by Crippen LogP contribution is 2.19. The first-order valence-corrected chi connectivity index (χ1v) is 7.92. The predicted molar refractivity (Wildman–Crippen MR) is 85.0 cm³/mol. The molecule has 1 aromatic heterocycles. The van der Waals surface area contributed by atoms with Crippen LogP contribution in [0.1, 0.15) is 38.5 Å². The van der Waals surface area contributed by atoms with Crippen LogP contribution in [0.2, 0.25) is 0 Å². The Hall–Kier alpha value is -2.30. The minimum absolute atomic E-state index is 0.154. The minimum atomic E-state index is -0.154. The Morgan fingerprint density at radius 1 is 1.09 bits per heavy atom. The predicted octanol–water partition coefficient (Wildman–Crippen LogP) is 3.21. The average molecular weight is 300 g/mol. The van der Waals surface area contributed by atoms with Crippen molar-refractivity contribution >= 4 is 22.5 Å². The number of pyridine rings is 1. The lowest BCUT2D eigenvalue weighted by Crippen LogP contribution is -2.37. The van der Waals surface area contributed by atoms with Crippen LogP contribution in [0.15, 0.2) is 36.7 Å². The summed E-state index contributed by atoms with van der Waals surface area (Å²) in [5.41, 5.74) is 0.727. The number of hydrogen-bond donors (Lipinski definition) is 3. The number of fused-ring (bicyclic) bond motifs is 1. The van der Waals surface area contributed by atoms with Crippen molar-refractivity contribution in [1.82, 2.24) is 5.32 Å². The van der Waals surface area contributed by atoms with Gasteiger partial charge in [0.15, 0.2) is 0 Å². The summed E-state index contributed by atoms with van der Waals surface area (Å²) in [6.45, 7) is 0. The van der Waals surface area contributed by atoms with Crippen LogP contribution in [-0.2, 0) is 0 Å². The van der Waals surface area contributed by atoms with E-state index in [-0.39, 0.29) is 12.1 Å².